The summed E-state index contributed by atoms with van der Waals surface area (Å²) in [6.45, 7) is 21.0. The van der Waals surface area contributed by atoms with Crippen LogP contribution in [0.5, 0.6) is 0 Å². The number of hydrogen-bond acceptors (Lipinski definition) is 6. The number of ether oxygens (including phenoxy) is 1. The van der Waals surface area contributed by atoms with E-state index in [9.17, 15) is 14.7 Å². The Labute approximate surface area is 282 Å². The fraction of sp³-hybridized carbons (Fsp3) is 0.500. The normalized spacial score (nSPS) is 18.1. The molecule has 1 saturated heterocycles. The second-order valence-electron chi connectivity index (χ2n) is 15.8. The second kappa shape index (κ2) is 13.8. The number of nitrogens with one attached hydrogen (secondary N) is 1. The fourth-order valence-corrected chi connectivity index (χ4v) is 7.10. The van der Waals surface area contributed by atoms with Gasteiger partial charge in [-0.1, -0.05) is 69.3 Å². The van der Waals surface area contributed by atoms with Crippen molar-refractivity contribution < 1.29 is 23.9 Å². The molecule has 2 aromatic carbocycles. The lowest BCUT2D eigenvalue weighted by Gasteiger charge is -2.43. The summed E-state index contributed by atoms with van der Waals surface area (Å²) >= 11 is 0. The summed E-state index contributed by atoms with van der Waals surface area (Å²) in [6.07, 6.45) is 3.18. The van der Waals surface area contributed by atoms with Gasteiger partial charge in [-0.25, -0.2) is 14.6 Å². The summed E-state index contributed by atoms with van der Waals surface area (Å²) in [6, 6.07) is 20.8. The first kappa shape index (κ1) is 36.1. The van der Waals surface area contributed by atoms with Crippen LogP contribution in [0.3, 0.4) is 0 Å². The Morgan fingerprint density at radius 3 is 2.11 bits per heavy atom. The topological polar surface area (TPSA) is 101 Å². The summed E-state index contributed by atoms with van der Waals surface area (Å²) in [5.74, 6) is -0.205. The van der Waals surface area contributed by atoms with Crippen molar-refractivity contribution in [2.45, 2.75) is 122 Å². The highest BCUT2D eigenvalue weighted by atomic mass is 28.4. The lowest BCUT2D eigenvalue weighted by molar-refractivity contribution is -0.00244. The molecule has 0 unspecified atom stereocenters. The molecule has 0 aliphatic carbocycles. The average molecular weight is 660 g/mol. The number of anilines is 1. The molecule has 1 aliphatic heterocycles. The summed E-state index contributed by atoms with van der Waals surface area (Å²) in [5.41, 5.74) is 2.28. The van der Waals surface area contributed by atoms with Crippen molar-refractivity contribution in [2.24, 2.45) is 0 Å². The minimum Gasteiger partial charge on any atom is -0.478 e. The van der Waals surface area contributed by atoms with Crippen LogP contribution < -0.4 is 5.32 Å². The van der Waals surface area contributed by atoms with Crippen LogP contribution in [-0.4, -0.2) is 53.1 Å². The van der Waals surface area contributed by atoms with E-state index in [4.69, 9.17) is 14.1 Å². The van der Waals surface area contributed by atoms with Gasteiger partial charge >= 0.3 is 12.1 Å². The second-order valence-corrected chi connectivity index (χ2v) is 20.5. The van der Waals surface area contributed by atoms with E-state index in [2.05, 4.69) is 71.2 Å². The predicted octanol–water partition coefficient (Wildman–Crippen LogP) is 9.20. The summed E-state index contributed by atoms with van der Waals surface area (Å²) in [7, 11) is -2.32. The van der Waals surface area contributed by atoms with Gasteiger partial charge in [-0.3, -0.25) is 4.90 Å². The highest BCUT2D eigenvalue weighted by Gasteiger charge is 2.48. The average Bonchev–Trinajstić information content (AvgIpc) is 3.39. The van der Waals surface area contributed by atoms with E-state index in [1.165, 1.54) is 0 Å². The molecular formula is C38H53N3O5Si. The third-order valence-electron chi connectivity index (χ3n) is 9.45. The van der Waals surface area contributed by atoms with Crippen molar-refractivity contribution in [1.82, 2.24) is 9.88 Å². The molecule has 9 heteroatoms. The van der Waals surface area contributed by atoms with E-state index in [1.54, 1.807) is 12.1 Å². The first-order valence-corrected chi connectivity index (χ1v) is 19.5. The molecule has 47 heavy (non-hydrogen) atoms. The summed E-state index contributed by atoms with van der Waals surface area (Å²) < 4.78 is 13.2. The number of hydrogen-bond donors (Lipinski definition) is 2. The van der Waals surface area contributed by atoms with Crippen LogP contribution in [0.15, 0.2) is 72.9 Å². The minimum absolute atomic E-state index is 0.0550. The maximum absolute atomic E-state index is 14.0. The Morgan fingerprint density at radius 2 is 1.57 bits per heavy atom. The van der Waals surface area contributed by atoms with E-state index in [0.29, 0.717) is 6.42 Å². The third-order valence-corrected chi connectivity index (χ3v) is 13.9. The Kier molecular flexibility index (Phi) is 10.6. The van der Waals surface area contributed by atoms with E-state index >= 15 is 0 Å². The van der Waals surface area contributed by atoms with E-state index < -0.39 is 26.0 Å². The van der Waals surface area contributed by atoms with Crippen LogP contribution in [0.4, 0.5) is 10.6 Å². The maximum atomic E-state index is 14.0. The molecule has 0 radical (unpaired) electrons. The Morgan fingerprint density at radius 1 is 0.936 bits per heavy atom. The fourth-order valence-electron chi connectivity index (χ4n) is 5.82. The molecule has 0 saturated carbocycles. The number of benzene rings is 2. The van der Waals surface area contributed by atoms with Gasteiger partial charge in [0.25, 0.3) is 0 Å². The zero-order valence-corrected chi connectivity index (χ0v) is 30.8. The number of amides is 1. The molecule has 1 amide bonds. The van der Waals surface area contributed by atoms with Crippen molar-refractivity contribution in [3.05, 3.63) is 95.2 Å². The van der Waals surface area contributed by atoms with Crippen LogP contribution in [-0.2, 0) is 21.1 Å². The quantitative estimate of drug-likeness (QED) is 0.209. The number of aromatic carboxylic acids is 1. The van der Waals surface area contributed by atoms with Crippen LogP contribution in [0.25, 0.3) is 0 Å². The highest BCUT2D eigenvalue weighted by molar-refractivity contribution is 6.74. The molecular weight excluding hydrogens is 607 g/mol. The molecule has 0 spiro atoms. The SMILES string of the molecule is CC(C)(C)OC(=O)N1[C@H](Cc2ccc(C(=O)O)cc2)CC[C@@H]1[C@H](O[Si](C)(C)C(C)(C)C)c1ccc(NC(C)(C)c2ccccc2)nc1. The number of likely N-dealkylation sites (tertiary alicyclic amines) is 1. The van der Waals surface area contributed by atoms with Gasteiger partial charge in [-0.2, -0.15) is 0 Å². The number of pyridine rings is 1. The Hall–Kier alpha value is -3.69. The standard InChI is InChI=1S/C38H53N3O5Si/c1-36(2,3)45-35(44)41-30(24-26-16-18-27(19-17-26)34(42)43)21-22-31(41)33(46-47(9,10)37(4,5)6)28-20-23-32(39-25-28)40-38(7,8)29-14-12-11-13-15-29/h11-20,23,25,30-31,33H,21-22,24H2,1-10H3,(H,39,40)(H,42,43)/t30-,31+,33+/m0/s1. The lowest BCUT2D eigenvalue weighted by atomic mass is 9.94. The Bertz CT molecular complexity index is 1510. The van der Waals surface area contributed by atoms with Gasteiger partial charge in [-0.05, 0) is 101 Å². The number of rotatable bonds is 10. The number of nitrogens with zero attached hydrogens (tertiary/aromatic N) is 2. The van der Waals surface area contributed by atoms with Gasteiger partial charge in [0.1, 0.15) is 11.4 Å². The van der Waals surface area contributed by atoms with Crippen LogP contribution in [0, 0.1) is 0 Å². The molecule has 4 rings (SSSR count). The smallest absolute Gasteiger partial charge is 0.410 e. The van der Waals surface area contributed by atoms with Crippen LogP contribution in [0.1, 0.15) is 101 Å². The summed E-state index contributed by atoms with van der Waals surface area (Å²) in [5, 5.41) is 12.9. The van der Waals surface area contributed by atoms with Gasteiger partial charge < -0.3 is 19.6 Å². The molecule has 2 N–H and O–H groups in total. The monoisotopic (exact) mass is 659 g/mol. The molecule has 1 fully saturated rings. The molecule has 0 bridgehead atoms. The molecule has 3 atom stereocenters. The van der Waals surface area contributed by atoms with Gasteiger partial charge in [0.15, 0.2) is 8.32 Å². The largest absolute Gasteiger partial charge is 0.478 e. The molecule has 254 valence electrons. The van der Waals surface area contributed by atoms with Gasteiger partial charge in [0, 0.05) is 17.8 Å². The lowest BCUT2D eigenvalue weighted by Crippen LogP contribution is -2.50. The van der Waals surface area contributed by atoms with E-state index in [-0.39, 0.29) is 34.3 Å². The summed E-state index contributed by atoms with van der Waals surface area (Å²) in [4.78, 5) is 32.2. The minimum atomic E-state index is -2.32. The first-order chi connectivity index (χ1) is 21.8. The van der Waals surface area contributed by atoms with Gasteiger partial charge in [0.2, 0.25) is 0 Å². The zero-order chi connectivity index (χ0) is 34.8. The number of aromatic nitrogens is 1. The van der Waals surface area contributed by atoms with Crippen LogP contribution in [0.2, 0.25) is 18.1 Å². The molecule has 1 aliphatic rings. The van der Waals surface area contributed by atoms with Crippen molar-refractivity contribution in [3.8, 4) is 0 Å². The predicted molar refractivity (Wildman–Crippen MR) is 190 cm³/mol. The number of carboxylic acid groups (broad SMARTS) is 1. The van der Waals surface area contributed by atoms with E-state index in [1.807, 2.05) is 68.3 Å². The van der Waals surface area contributed by atoms with Crippen molar-refractivity contribution in [2.75, 3.05) is 5.32 Å². The van der Waals surface area contributed by atoms with Gasteiger partial charge in [-0.15, -0.1) is 0 Å². The van der Waals surface area contributed by atoms with Gasteiger partial charge in [0.05, 0.1) is 23.2 Å². The van der Waals surface area contributed by atoms with E-state index in [0.717, 1.165) is 35.3 Å². The van der Waals surface area contributed by atoms with Crippen molar-refractivity contribution in [3.63, 3.8) is 0 Å². The molecule has 2 heterocycles. The van der Waals surface area contributed by atoms with Crippen molar-refractivity contribution in [1.29, 1.82) is 0 Å². The highest BCUT2D eigenvalue weighted by Crippen LogP contribution is 2.44. The molecule has 3 aromatic rings. The number of carbonyl (C=O) groups is 2. The number of carbonyl (C=O) groups excluding carboxylic acids is 1. The van der Waals surface area contributed by atoms with Crippen LogP contribution >= 0.6 is 0 Å². The first-order valence-electron chi connectivity index (χ1n) is 16.6. The third kappa shape index (κ3) is 9.02. The molecule has 1 aromatic heterocycles. The van der Waals surface area contributed by atoms with Crippen molar-refractivity contribution >= 4 is 26.2 Å². The number of carboxylic acids is 1. The zero-order valence-electron chi connectivity index (χ0n) is 29.8. The maximum Gasteiger partial charge on any atom is 0.410 e. The Balaban J connectivity index is 1.70. The molecule has 8 nitrogen and oxygen atoms in total.